The standard InChI is InChI=1S/C15H21FN2/c1-11-5-6-12(10-13(11)16)17-14-7-9-18-8-3-2-4-15(14)18/h5-6,10,14-15,17H,2-4,7-9H2,1H3. The Morgan fingerprint density at radius 3 is 2.94 bits per heavy atom. The lowest BCUT2D eigenvalue weighted by Crippen LogP contribution is -2.41. The van der Waals surface area contributed by atoms with Crippen molar-refractivity contribution < 1.29 is 4.39 Å². The molecule has 0 aromatic heterocycles. The number of anilines is 1. The lowest BCUT2D eigenvalue weighted by atomic mass is 9.99. The highest BCUT2D eigenvalue weighted by atomic mass is 19.1. The molecule has 2 fully saturated rings. The number of nitrogens with zero attached hydrogens (tertiary/aromatic N) is 1. The molecule has 2 nitrogen and oxygen atoms in total. The Morgan fingerprint density at radius 2 is 2.11 bits per heavy atom. The van der Waals surface area contributed by atoms with E-state index in [9.17, 15) is 4.39 Å². The van der Waals surface area contributed by atoms with Gasteiger partial charge in [-0.25, -0.2) is 4.39 Å². The maximum absolute atomic E-state index is 13.5. The zero-order valence-electron chi connectivity index (χ0n) is 11.0. The molecule has 2 heterocycles. The van der Waals surface area contributed by atoms with Gasteiger partial charge >= 0.3 is 0 Å². The highest BCUT2D eigenvalue weighted by Gasteiger charge is 2.35. The second-order valence-corrected chi connectivity index (χ2v) is 5.60. The van der Waals surface area contributed by atoms with Gasteiger partial charge in [0.05, 0.1) is 0 Å². The van der Waals surface area contributed by atoms with Gasteiger partial charge in [0.15, 0.2) is 0 Å². The van der Waals surface area contributed by atoms with E-state index in [2.05, 4.69) is 10.2 Å². The zero-order chi connectivity index (χ0) is 12.5. The smallest absolute Gasteiger partial charge is 0.128 e. The maximum Gasteiger partial charge on any atom is 0.128 e. The van der Waals surface area contributed by atoms with Crippen LogP contribution in [0.1, 0.15) is 31.2 Å². The molecule has 0 spiro atoms. The normalized spacial score (nSPS) is 28.1. The van der Waals surface area contributed by atoms with Crippen LogP contribution in [0.15, 0.2) is 18.2 Å². The first-order chi connectivity index (χ1) is 8.74. The molecular formula is C15H21FN2. The Kier molecular flexibility index (Phi) is 3.25. The van der Waals surface area contributed by atoms with Gasteiger partial charge in [-0.1, -0.05) is 12.5 Å². The minimum absolute atomic E-state index is 0.113. The first kappa shape index (κ1) is 12.0. The average molecular weight is 248 g/mol. The molecule has 1 aromatic rings. The van der Waals surface area contributed by atoms with Gasteiger partial charge in [0, 0.05) is 24.3 Å². The van der Waals surface area contributed by atoms with Crippen molar-refractivity contribution in [2.75, 3.05) is 18.4 Å². The van der Waals surface area contributed by atoms with Gasteiger partial charge in [0.1, 0.15) is 5.82 Å². The van der Waals surface area contributed by atoms with Gasteiger partial charge in [-0.05, 0) is 50.4 Å². The van der Waals surface area contributed by atoms with Crippen molar-refractivity contribution in [1.82, 2.24) is 4.90 Å². The fourth-order valence-corrected chi connectivity index (χ4v) is 3.31. The molecule has 3 rings (SSSR count). The summed E-state index contributed by atoms with van der Waals surface area (Å²) < 4.78 is 13.5. The molecular weight excluding hydrogens is 227 g/mol. The van der Waals surface area contributed by atoms with Crippen LogP contribution in [-0.2, 0) is 0 Å². The van der Waals surface area contributed by atoms with Gasteiger partial charge in [0.2, 0.25) is 0 Å². The predicted molar refractivity (Wildman–Crippen MR) is 72.4 cm³/mol. The Bertz CT molecular complexity index is 433. The van der Waals surface area contributed by atoms with Crippen molar-refractivity contribution >= 4 is 5.69 Å². The number of aryl methyl sites for hydroxylation is 1. The van der Waals surface area contributed by atoms with Crippen LogP contribution in [0.25, 0.3) is 0 Å². The molecule has 2 aliphatic rings. The number of nitrogens with one attached hydrogen (secondary N) is 1. The molecule has 2 aliphatic heterocycles. The lowest BCUT2D eigenvalue weighted by molar-refractivity contribution is 0.193. The summed E-state index contributed by atoms with van der Waals surface area (Å²) in [4.78, 5) is 2.59. The molecule has 3 heteroatoms. The molecule has 2 unspecified atom stereocenters. The summed E-state index contributed by atoms with van der Waals surface area (Å²) in [7, 11) is 0. The Hall–Kier alpha value is -1.09. The molecule has 0 bridgehead atoms. The molecule has 2 saturated heterocycles. The van der Waals surface area contributed by atoms with Crippen molar-refractivity contribution in [3.05, 3.63) is 29.6 Å². The predicted octanol–water partition coefficient (Wildman–Crippen LogP) is 3.17. The fraction of sp³-hybridized carbons (Fsp3) is 0.600. The van der Waals surface area contributed by atoms with Crippen molar-refractivity contribution in [3.63, 3.8) is 0 Å². The third kappa shape index (κ3) is 2.24. The fourth-order valence-electron chi connectivity index (χ4n) is 3.31. The van der Waals surface area contributed by atoms with E-state index in [1.165, 1.54) is 38.8 Å². The molecule has 1 aromatic carbocycles. The highest BCUT2D eigenvalue weighted by Crippen LogP contribution is 2.29. The van der Waals surface area contributed by atoms with Crippen molar-refractivity contribution in [1.29, 1.82) is 0 Å². The van der Waals surface area contributed by atoms with Gasteiger partial charge in [-0.3, -0.25) is 4.90 Å². The van der Waals surface area contributed by atoms with Crippen LogP contribution in [-0.4, -0.2) is 30.1 Å². The minimum Gasteiger partial charge on any atom is -0.381 e. The van der Waals surface area contributed by atoms with Crippen LogP contribution in [0.3, 0.4) is 0 Å². The molecule has 0 aliphatic carbocycles. The third-order valence-corrected chi connectivity index (χ3v) is 4.38. The Balaban J connectivity index is 1.70. The number of fused-ring (bicyclic) bond motifs is 1. The van der Waals surface area contributed by atoms with E-state index in [0.29, 0.717) is 17.6 Å². The monoisotopic (exact) mass is 248 g/mol. The van der Waals surface area contributed by atoms with Crippen LogP contribution in [0.2, 0.25) is 0 Å². The molecule has 18 heavy (non-hydrogen) atoms. The van der Waals surface area contributed by atoms with E-state index in [-0.39, 0.29) is 5.82 Å². The van der Waals surface area contributed by atoms with Gasteiger partial charge in [-0.15, -0.1) is 0 Å². The summed E-state index contributed by atoms with van der Waals surface area (Å²) in [5, 5.41) is 3.53. The second-order valence-electron chi connectivity index (χ2n) is 5.60. The van der Waals surface area contributed by atoms with E-state index in [4.69, 9.17) is 0 Å². The lowest BCUT2D eigenvalue weighted by Gasteiger charge is -2.33. The summed E-state index contributed by atoms with van der Waals surface area (Å²) in [6.07, 6.45) is 5.14. The highest BCUT2D eigenvalue weighted by molar-refractivity contribution is 5.46. The van der Waals surface area contributed by atoms with E-state index in [0.717, 1.165) is 5.69 Å². The van der Waals surface area contributed by atoms with E-state index < -0.39 is 0 Å². The molecule has 98 valence electrons. The average Bonchev–Trinajstić information content (AvgIpc) is 2.78. The first-order valence-electron chi connectivity index (χ1n) is 7.01. The van der Waals surface area contributed by atoms with Crippen molar-refractivity contribution in [2.24, 2.45) is 0 Å². The molecule has 0 radical (unpaired) electrons. The quantitative estimate of drug-likeness (QED) is 0.864. The number of benzene rings is 1. The molecule has 0 saturated carbocycles. The van der Waals surface area contributed by atoms with E-state index in [1.54, 1.807) is 13.0 Å². The van der Waals surface area contributed by atoms with Crippen LogP contribution in [0.5, 0.6) is 0 Å². The van der Waals surface area contributed by atoms with Crippen molar-refractivity contribution in [2.45, 2.75) is 44.7 Å². The number of piperidine rings is 1. The summed E-state index contributed by atoms with van der Waals surface area (Å²) in [5.74, 6) is -0.113. The first-order valence-corrected chi connectivity index (χ1v) is 7.01. The van der Waals surface area contributed by atoms with Gasteiger partial charge in [0.25, 0.3) is 0 Å². The largest absolute Gasteiger partial charge is 0.381 e. The van der Waals surface area contributed by atoms with Crippen LogP contribution >= 0.6 is 0 Å². The third-order valence-electron chi connectivity index (χ3n) is 4.38. The minimum atomic E-state index is -0.113. The number of halogens is 1. The van der Waals surface area contributed by atoms with Crippen LogP contribution in [0, 0.1) is 12.7 Å². The summed E-state index contributed by atoms with van der Waals surface area (Å²) in [5.41, 5.74) is 1.64. The van der Waals surface area contributed by atoms with Gasteiger partial charge < -0.3 is 5.32 Å². The number of hydrogen-bond donors (Lipinski definition) is 1. The maximum atomic E-state index is 13.5. The van der Waals surface area contributed by atoms with E-state index >= 15 is 0 Å². The Labute approximate surface area is 108 Å². The van der Waals surface area contributed by atoms with Crippen LogP contribution < -0.4 is 5.32 Å². The molecule has 0 amide bonds. The van der Waals surface area contributed by atoms with Gasteiger partial charge in [-0.2, -0.15) is 0 Å². The second kappa shape index (κ2) is 4.88. The zero-order valence-corrected chi connectivity index (χ0v) is 11.0. The molecule has 1 N–H and O–H groups in total. The topological polar surface area (TPSA) is 15.3 Å². The summed E-state index contributed by atoms with van der Waals surface area (Å²) >= 11 is 0. The number of hydrogen-bond acceptors (Lipinski definition) is 2. The van der Waals surface area contributed by atoms with Crippen LogP contribution in [0.4, 0.5) is 10.1 Å². The Morgan fingerprint density at radius 1 is 1.22 bits per heavy atom. The van der Waals surface area contributed by atoms with Crippen molar-refractivity contribution in [3.8, 4) is 0 Å². The molecule has 2 atom stereocenters. The van der Waals surface area contributed by atoms with E-state index in [1.807, 2.05) is 12.1 Å². The SMILES string of the molecule is Cc1ccc(NC2CCN3CCCCC23)cc1F. The summed E-state index contributed by atoms with van der Waals surface area (Å²) in [6.45, 7) is 4.24. The number of rotatable bonds is 2. The summed E-state index contributed by atoms with van der Waals surface area (Å²) in [6, 6.07) is 6.62.